The van der Waals surface area contributed by atoms with Crippen LogP contribution in [0.15, 0.2) is 97.1 Å². The van der Waals surface area contributed by atoms with Crippen molar-refractivity contribution in [3.8, 4) is 22.9 Å². The number of fused-ring (bicyclic) bond motifs is 1. The Morgan fingerprint density at radius 2 is 1.49 bits per heavy atom. The van der Waals surface area contributed by atoms with Gasteiger partial charge in [-0.15, -0.1) is 13.2 Å². The topological polar surface area (TPSA) is 62.6 Å². The van der Waals surface area contributed by atoms with Crippen LogP contribution in [0.25, 0.3) is 22.4 Å². The number of esters is 1. The van der Waals surface area contributed by atoms with Gasteiger partial charge < -0.3 is 18.8 Å². The number of rotatable bonds is 10. The predicted octanol–water partition coefficient (Wildman–Crippen LogP) is 7.33. The second-order valence-electron chi connectivity index (χ2n) is 9.27. The summed E-state index contributed by atoms with van der Waals surface area (Å²) >= 11 is 0. The Kier molecular flexibility index (Phi) is 8.24. The van der Waals surface area contributed by atoms with Crippen molar-refractivity contribution in [3.63, 3.8) is 0 Å². The number of carbonyl (C=O) groups excluding carboxylic acids is 1. The molecule has 0 bridgehead atoms. The van der Waals surface area contributed by atoms with Crippen LogP contribution in [0.4, 0.5) is 13.2 Å². The summed E-state index contributed by atoms with van der Waals surface area (Å²) in [6, 6.07) is 28.6. The van der Waals surface area contributed by atoms with Gasteiger partial charge in [-0.1, -0.05) is 48.5 Å². The molecule has 5 rings (SSSR count). The number of alkyl halides is 3. The fourth-order valence-corrected chi connectivity index (χ4v) is 4.53. The minimum Gasteiger partial charge on any atom is -0.489 e. The molecule has 0 aliphatic carbocycles. The third kappa shape index (κ3) is 7.05. The lowest BCUT2D eigenvalue weighted by molar-refractivity contribution is -0.274. The third-order valence-electron chi connectivity index (χ3n) is 6.42. The van der Waals surface area contributed by atoms with Crippen molar-refractivity contribution in [2.75, 3.05) is 6.61 Å². The number of aromatic nitrogens is 2. The molecule has 0 aliphatic rings. The van der Waals surface area contributed by atoms with E-state index in [1.807, 2.05) is 77.4 Å². The van der Waals surface area contributed by atoms with Gasteiger partial charge in [-0.05, 0) is 72.1 Å². The first-order valence-electron chi connectivity index (χ1n) is 13.0. The van der Waals surface area contributed by atoms with E-state index in [0.29, 0.717) is 36.9 Å². The SMILES string of the molecule is CCOC(=O)Cc1ccc(OCc2ccccc2Cn2c(-c3ccc(OC(F)(F)F)cc3)nc3ccccc32)cc1. The molecule has 5 aromatic rings. The molecule has 4 aromatic carbocycles. The van der Waals surface area contributed by atoms with Gasteiger partial charge in [0.15, 0.2) is 0 Å². The van der Waals surface area contributed by atoms with Gasteiger partial charge in [0.2, 0.25) is 0 Å². The van der Waals surface area contributed by atoms with Crippen LogP contribution in [-0.2, 0) is 29.1 Å². The standard InChI is InChI=1S/C32H27F3N2O4/c1-2-39-30(38)19-22-11-15-26(16-12-22)40-21-25-8-4-3-7-24(25)20-37-29-10-6-5-9-28(29)36-31(37)23-13-17-27(18-14-23)41-32(33,34)35/h3-18H,2,19-21H2,1H3. The van der Waals surface area contributed by atoms with E-state index in [2.05, 4.69) is 4.74 Å². The Bertz CT molecular complexity index is 1630. The highest BCUT2D eigenvalue weighted by Gasteiger charge is 2.31. The van der Waals surface area contributed by atoms with Crippen molar-refractivity contribution in [1.29, 1.82) is 0 Å². The second-order valence-corrected chi connectivity index (χ2v) is 9.27. The molecule has 0 fully saturated rings. The first-order valence-corrected chi connectivity index (χ1v) is 13.0. The minimum atomic E-state index is -4.76. The van der Waals surface area contributed by atoms with Gasteiger partial charge >= 0.3 is 12.3 Å². The van der Waals surface area contributed by atoms with Gasteiger partial charge in [0, 0.05) is 5.56 Å². The Labute approximate surface area is 234 Å². The molecular weight excluding hydrogens is 533 g/mol. The van der Waals surface area contributed by atoms with Crippen LogP contribution in [-0.4, -0.2) is 28.5 Å². The van der Waals surface area contributed by atoms with Crippen molar-refractivity contribution in [2.45, 2.75) is 32.9 Å². The van der Waals surface area contributed by atoms with Gasteiger partial charge in [-0.25, -0.2) is 4.98 Å². The summed E-state index contributed by atoms with van der Waals surface area (Å²) in [6.45, 7) is 2.91. The van der Waals surface area contributed by atoms with Crippen LogP contribution in [0.5, 0.6) is 11.5 Å². The summed E-state index contributed by atoms with van der Waals surface area (Å²) in [5.74, 6) is 0.729. The number of hydrogen-bond acceptors (Lipinski definition) is 5. The van der Waals surface area contributed by atoms with Crippen LogP contribution < -0.4 is 9.47 Å². The molecule has 0 aliphatic heterocycles. The lowest BCUT2D eigenvalue weighted by Crippen LogP contribution is -2.17. The molecule has 0 spiro atoms. The highest BCUT2D eigenvalue weighted by Crippen LogP contribution is 2.30. The van der Waals surface area contributed by atoms with Gasteiger partial charge in [-0.2, -0.15) is 0 Å². The first-order chi connectivity index (χ1) is 19.8. The molecular formula is C32H27F3N2O4. The fourth-order valence-electron chi connectivity index (χ4n) is 4.53. The molecule has 0 atom stereocenters. The largest absolute Gasteiger partial charge is 0.573 e. The van der Waals surface area contributed by atoms with Crippen LogP contribution in [0.3, 0.4) is 0 Å². The second kappa shape index (κ2) is 12.2. The molecule has 0 saturated carbocycles. The summed E-state index contributed by atoms with van der Waals surface area (Å²) < 4.78 is 55.1. The van der Waals surface area contributed by atoms with E-state index in [0.717, 1.165) is 27.7 Å². The molecule has 1 heterocycles. The highest BCUT2D eigenvalue weighted by molar-refractivity contribution is 5.81. The zero-order chi connectivity index (χ0) is 28.8. The van der Waals surface area contributed by atoms with Gasteiger partial charge in [0.05, 0.1) is 30.6 Å². The molecule has 0 saturated heterocycles. The number of carbonyl (C=O) groups is 1. The monoisotopic (exact) mass is 560 g/mol. The Morgan fingerprint density at radius 3 is 2.20 bits per heavy atom. The van der Waals surface area contributed by atoms with Gasteiger partial charge in [0.1, 0.15) is 23.9 Å². The predicted molar refractivity (Wildman–Crippen MR) is 149 cm³/mol. The van der Waals surface area contributed by atoms with Crippen LogP contribution >= 0.6 is 0 Å². The summed E-state index contributed by atoms with van der Waals surface area (Å²) in [7, 11) is 0. The lowest BCUT2D eigenvalue weighted by Gasteiger charge is -2.15. The maximum atomic E-state index is 12.6. The average molecular weight is 561 g/mol. The number of para-hydroxylation sites is 2. The summed E-state index contributed by atoms with van der Waals surface area (Å²) in [5, 5.41) is 0. The van der Waals surface area contributed by atoms with E-state index < -0.39 is 6.36 Å². The third-order valence-corrected chi connectivity index (χ3v) is 6.42. The van der Waals surface area contributed by atoms with Crippen molar-refractivity contribution >= 4 is 17.0 Å². The molecule has 41 heavy (non-hydrogen) atoms. The van der Waals surface area contributed by atoms with Crippen molar-refractivity contribution in [1.82, 2.24) is 9.55 Å². The number of nitrogens with zero attached hydrogens (tertiary/aromatic N) is 2. The molecule has 210 valence electrons. The van der Waals surface area contributed by atoms with E-state index in [-0.39, 0.29) is 18.1 Å². The Hall–Kier alpha value is -4.79. The lowest BCUT2D eigenvalue weighted by atomic mass is 10.1. The molecule has 9 heteroatoms. The van der Waals surface area contributed by atoms with Crippen molar-refractivity contribution in [2.24, 2.45) is 0 Å². The summed E-state index contributed by atoms with van der Waals surface area (Å²) in [5.41, 5.74) is 5.15. The minimum absolute atomic E-state index is 0.205. The normalized spacial score (nSPS) is 11.4. The molecule has 0 unspecified atom stereocenters. The van der Waals surface area contributed by atoms with Gasteiger partial charge in [0.25, 0.3) is 0 Å². The number of hydrogen-bond donors (Lipinski definition) is 0. The van der Waals surface area contributed by atoms with Crippen molar-refractivity contribution < 1.29 is 32.2 Å². The van der Waals surface area contributed by atoms with Crippen LogP contribution in [0, 0.1) is 0 Å². The highest BCUT2D eigenvalue weighted by atomic mass is 19.4. The molecule has 1 aromatic heterocycles. The zero-order valence-electron chi connectivity index (χ0n) is 22.2. The average Bonchev–Trinajstić information content (AvgIpc) is 3.31. The Balaban J connectivity index is 1.37. The summed E-state index contributed by atoms with van der Waals surface area (Å²) in [4.78, 5) is 16.5. The number of ether oxygens (including phenoxy) is 3. The summed E-state index contributed by atoms with van der Waals surface area (Å²) in [6.07, 6.45) is -4.55. The maximum Gasteiger partial charge on any atom is 0.573 e. The number of benzene rings is 4. The first kappa shape index (κ1) is 27.8. The van der Waals surface area contributed by atoms with E-state index in [1.165, 1.54) is 12.1 Å². The smallest absolute Gasteiger partial charge is 0.489 e. The maximum absolute atomic E-state index is 12.6. The quantitative estimate of drug-likeness (QED) is 0.167. The van der Waals surface area contributed by atoms with E-state index >= 15 is 0 Å². The van der Waals surface area contributed by atoms with E-state index in [4.69, 9.17) is 14.5 Å². The number of imidazole rings is 1. The number of halogens is 3. The Morgan fingerprint density at radius 1 is 0.829 bits per heavy atom. The van der Waals surface area contributed by atoms with Crippen molar-refractivity contribution in [3.05, 3.63) is 114 Å². The molecule has 0 amide bonds. The van der Waals surface area contributed by atoms with Crippen LogP contribution in [0.1, 0.15) is 23.6 Å². The molecule has 0 radical (unpaired) electrons. The van der Waals surface area contributed by atoms with E-state index in [1.54, 1.807) is 19.1 Å². The van der Waals surface area contributed by atoms with Crippen LogP contribution in [0.2, 0.25) is 0 Å². The van der Waals surface area contributed by atoms with E-state index in [9.17, 15) is 18.0 Å². The molecule has 0 N–H and O–H groups in total. The van der Waals surface area contributed by atoms with Gasteiger partial charge in [-0.3, -0.25) is 4.79 Å². The molecule has 6 nitrogen and oxygen atoms in total. The zero-order valence-corrected chi connectivity index (χ0v) is 22.2. The fraction of sp³-hybridized carbons (Fsp3) is 0.188.